The van der Waals surface area contributed by atoms with Crippen molar-refractivity contribution in [2.45, 2.75) is 52.6 Å². The summed E-state index contributed by atoms with van der Waals surface area (Å²) in [6.45, 7) is 9.05. The lowest BCUT2D eigenvalue weighted by Crippen LogP contribution is -2.46. The van der Waals surface area contributed by atoms with Gasteiger partial charge in [-0.15, -0.1) is 11.3 Å². The minimum atomic E-state index is 0.418. The summed E-state index contributed by atoms with van der Waals surface area (Å²) in [6.07, 6.45) is 3.93. The van der Waals surface area contributed by atoms with Gasteiger partial charge in [0.1, 0.15) is 0 Å². The van der Waals surface area contributed by atoms with Gasteiger partial charge in [0.05, 0.1) is 0 Å². The van der Waals surface area contributed by atoms with Gasteiger partial charge >= 0.3 is 0 Å². The first-order chi connectivity index (χ1) is 9.41. The van der Waals surface area contributed by atoms with Gasteiger partial charge in [-0.05, 0) is 61.6 Å². The summed E-state index contributed by atoms with van der Waals surface area (Å²) in [7, 11) is 2.28. The van der Waals surface area contributed by atoms with Crippen molar-refractivity contribution >= 4 is 11.3 Å². The predicted octanol–water partition coefficient (Wildman–Crippen LogP) is 3.97. The predicted molar refractivity (Wildman–Crippen MR) is 88.9 cm³/mol. The standard InChI is InChI=1S/C17H30N2S/c1-17(2,3)14-8-7-13(11-18)16(10-14)19(4)12-15-6-5-9-20-15/h5-6,9,13-14,16H,7-8,10-12,18H2,1-4H3. The smallest absolute Gasteiger partial charge is 0.0327 e. The second-order valence-corrected chi connectivity index (χ2v) is 8.47. The molecule has 0 radical (unpaired) electrons. The van der Waals surface area contributed by atoms with Crippen LogP contribution in [0.3, 0.4) is 0 Å². The van der Waals surface area contributed by atoms with Crippen molar-refractivity contribution in [3.63, 3.8) is 0 Å². The molecule has 2 nitrogen and oxygen atoms in total. The Morgan fingerprint density at radius 1 is 1.35 bits per heavy atom. The number of rotatable bonds is 4. The largest absolute Gasteiger partial charge is 0.330 e. The lowest BCUT2D eigenvalue weighted by molar-refractivity contribution is 0.0560. The van der Waals surface area contributed by atoms with Crippen molar-refractivity contribution in [1.82, 2.24) is 4.90 Å². The van der Waals surface area contributed by atoms with Crippen molar-refractivity contribution in [1.29, 1.82) is 0 Å². The van der Waals surface area contributed by atoms with Gasteiger partial charge in [0.15, 0.2) is 0 Å². The molecule has 1 aromatic heterocycles. The Kier molecular flexibility index (Phi) is 5.27. The van der Waals surface area contributed by atoms with Crippen LogP contribution in [0, 0.1) is 17.3 Å². The van der Waals surface area contributed by atoms with Crippen LogP contribution in [-0.2, 0) is 6.54 Å². The van der Waals surface area contributed by atoms with Crippen LogP contribution in [-0.4, -0.2) is 24.5 Å². The van der Waals surface area contributed by atoms with Gasteiger partial charge in [-0.25, -0.2) is 0 Å². The normalized spacial score (nSPS) is 28.0. The van der Waals surface area contributed by atoms with Gasteiger partial charge < -0.3 is 5.73 Å². The SMILES string of the molecule is CN(Cc1cccs1)C1CC(C(C)(C)C)CCC1CN. The van der Waals surface area contributed by atoms with Crippen LogP contribution in [0.25, 0.3) is 0 Å². The zero-order valence-electron chi connectivity index (χ0n) is 13.4. The molecule has 0 aromatic carbocycles. The first kappa shape index (κ1) is 16.0. The molecule has 2 N–H and O–H groups in total. The molecule has 1 saturated carbocycles. The molecule has 0 aliphatic heterocycles. The van der Waals surface area contributed by atoms with Gasteiger partial charge in [-0.3, -0.25) is 4.90 Å². The van der Waals surface area contributed by atoms with Crippen molar-refractivity contribution in [3.05, 3.63) is 22.4 Å². The molecule has 3 heteroatoms. The molecule has 3 unspecified atom stereocenters. The molecule has 20 heavy (non-hydrogen) atoms. The minimum absolute atomic E-state index is 0.418. The lowest BCUT2D eigenvalue weighted by Gasteiger charge is -2.45. The van der Waals surface area contributed by atoms with Crippen LogP contribution in [0.1, 0.15) is 44.9 Å². The first-order valence-electron chi connectivity index (χ1n) is 7.84. The molecule has 0 saturated heterocycles. The van der Waals surface area contributed by atoms with E-state index in [9.17, 15) is 0 Å². The van der Waals surface area contributed by atoms with E-state index in [0.29, 0.717) is 17.4 Å². The van der Waals surface area contributed by atoms with Crippen LogP contribution in [0.15, 0.2) is 17.5 Å². The zero-order chi connectivity index (χ0) is 14.8. The average molecular weight is 295 g/mol. The summed E-state index contributed by atoms with van der Waals surface area (Å²) < 4.78 is 0. The van der Waals surface area contributed by atoms with E-state index in [0.717, 1.165) is 19.0 Å². The Balaban J connectivity index is 2.04. The monoisotopic (exact) mass is 294 g/mol. The van der Waals surface area contributed by atoms with Gasteiger partial charge in [-0.2, -0.15) is 0 Å². The van der Waals surface area contributed by atoms with Gasteiger partial charge in [0, 0.05) is 17.5 Å². The van der Waals surface area contributed by atoms with Gasteiger partial charge in [0.25, 0.3) is 0 Å². The summed E-state index contributed by atoms with van der Waals surface area (Å²) >= 11 is 1.86. The number of hydrogen-bond acceptors (Lipinski definition) is 3. The Hall–Kier alpha value is -0.380. The number of nitrogens with two attached hydrogens (primary N) is 1. The fourth-order valence-electron chi connectivity index (χ4n) is 3.58. The summed E-state index contributed by atoms with van der Waals surface area (Å²) in [5, 5.41) is 2.17. The lowest BCUT2D eigenvalue weighted by atomic mass is 9.67. The van der Waals surface area contributed by atoms with Crippen LogP contribution >= 0.6 is 11.3 Å². The van der Waals surface area contributed by atoms with Crippen LogP contribution in [0.4, 0.5) is 0 Å². The van der Waals surface area contributed by atoms with E-state index in [1.54, 1.807) is 0 Å². The highest BCUT2D eigenvalue weighted by Crippen LogP contribution is 2.41. The molecule has 0 amide bonds. The second kappa shape index (κ2) is 6.59. The first-order valence-corrected chi connectivity index (χ1v) is 8.72. The van der Waals surface area contributed by atoms with Crippen molar-refractivity contribution in [2.75, 3.05) is 13.6 Å². The number of thiophene rings is 1. The molecule has 0 spiro atoms. The van der Waals surface area contributed by atoms with Crippen molar-refractivity contribution < 1.29 is 0 Å². The maximum absolute atomic E-state index is 6.04. The highest BCUT2D eigenvalue weighted by molar-refractivity contribution is 7.09. The molecular formula is C17H30N2S. The highest BCUT2D eigenvalue weighted by Gasteiger charge is 2.36. The molecule has 1 aliphatic rings. The van der Waals surface area contributed by atoms with E-state index < -0.39 is 0 Å². The molecule has 0 bridgehead atoms. The molecule has 2 rings (SSSR count). The molecular weight excluding hydrogens is 264 g/mol. The fraction of sp³-hybridized carbons (Fsp3) is 0.765. The van der Waals surface area contributed by atoms with Crippen LogP contribution in [0.5, 0.6) is 0 Å². The van der Waals surface area contributed by atoms with E-state index in [4.69, 9.17) is 5.73 Å². The third kappa shape index (κ3) is 3.84. The molecule has 1 aromatic rings. The third-order valence-electron chi connectivity index (χ3n) is 5.04. The van der Waals surface area contributed by atoms with Crippen molar-refractivity contribution in [2.24, 2.45) is 23.0 Å². The van der Waals surface area contributed by atoms with Gasteiger partial charge in [0.2, 0.25) is 0 Å². The summed E-state index contributed by atoms with van der Waals surface area (Å²) in [5.74, 6) is 1.49. The molecule has 1 heterocycles. The fourth-order valence-corrected chi connectivity index (χ4v) is 4.34. The summed E-state index contributed by atoms with van der Waals surface area (Å²) in [5.41, 5.74) is 6.45. The Bertz CT molecular complexity index is 394. The molecule has 1 aliphatic carbocycles. The number of nitrogens with zero attached hydrogens (tertiary/aromatic N) is 1. The Labute approximate surface area is 128 Å². The maximum Gasteiger partial charge on any atom is 0.0327 e. The van der Waals surface area contributed by atoms with E-state index in [2.05, 4.69) is 50.2 Å². The zero-order valence-corrected chi connectivity index (χ0v) is 14.2. The van der Waals surface area contributed by atoms with E-state index in [1.165, 1.54) is 24.1 Å². The maximum atomic E-state index is 6.04. The third-order valence-corrected chi connectivity index (χ3v) is 5.90. The highest BCUT2D eigenvalue weighted by atomic mass is 32.1. The average Bonchev–Trinajstić information content (AvgIpc) is 2.89. The summed E-state index contributed by atoms with van der Waals surface area (Å²) in [6, 6.07) is 5.02. The second-order valence-electron chi connectivity index (χ2n) is 7.43. The topological polar surface area (TPSA) is 29.3 Å². The number of hydrogen-bond donors (Lipinski definition) is 1. The minimum Gasteiger partial charge on any atom is -0.330 e. The van der Waals surface area contributed by atoms with E-state index in [1.807, 2.05) is 11.3 Å². The van der Waals surface area contributed by atoms with E-state index >= 15 is 0 Å². The van der Waals surface area contributed by atoms with Crippen LogP contribution < -0.4 is 5.73 Å². The van der Waals surface area contributed by atoms with E-state index in [-0.39, 0.29) is 0 Å². The quantitative estimate of drug-likeness (QED) is 0.910. The van der Waals surface area contributed by atoms with Crippen molar-refractivity contribution in [3.8, 4) is 0 Å². The Morgan fingerprint density at radius 3 is 2.65 bits per heavy atom. The van der Waals surface area contributed by atoms with Gasteiger partial charge in [-0.1, -0.05) is 26.8 Å². The molecule has 1 fully saturated rings. The molecule has 114 valence electrons. The summed E-state index contributed by atoms with van der Waals surface area (Å²) in [4.78, 5) is 4.00. The Morgan fingerprint density at radius 2 is 2.10 bits per heavy atom. The van der Waals surface area contributed by atoms with Crippen LogP contribution in [0.2, 0.25) is 0 Å². The molecule has 3 atom stereocenters.